The molecule has 0 aromatic heterocycles. The molecule has 0 radical (unpaired) electrons. The fourth-order valence-corrected chi connectivity index (χ4v) is 3.17. The molecule has 27 heavy (non-hydrogen) atoms. The van der Waals surface area contributed by atoms with Gasteiger partial charge >= 0.3 is 0 Å². The molecule has 2 amide bonds. The second-order valence-corrected chi connectivity index (χ2v) is 7.36. The van der Waals surface area contributed by atoms with Gasteiger partial charge in [-0.1, -0.05) is 29.3 Å². The first kappa shape index (κ1) is 21.2. The minimum absolute atomic E-state index is 0.231. The number of benzene rings is 2. The number of carbonyl (C=O) groups excluding carboxylic acids is 2. The molecular weight excluding hydrogens is 480 g/mol. The molecule has 0 aliphatic rings. The van der Waals surface area contributed by atoms with Crippen molar-refractivity contribution in [3.05, 3.63) is 57.0 Å². The van der Waals surface area contributed by atoms with Gasteiger partial charge in [-0.3, -0.25) is 20.4 Å². The van der Waals surface area contributed by atoms with E-state index in [1.54, 1.807) is 36.4 Å². The molecule has 2 rings (SSSR count). The van der Waals surface area contributed by atoms with E-state index in [1.165, 1.54) is 0 Å². The van der Waals surface area contributed by atoms with Crippen LogP contribution in [0.25, 0.3) is 0 Å². The second-order valence-electron chi connectivity index (χ2n) is 5.59. The zero-order valence-electron chi connectivity index (χ0n) is 14.8. The average Bonchev–Trinajstić information content (AvgIpc) is 2.66. The first-order chi connectivity index (χ1) is 13.0. The van der Waals surface area contributed by atoms with Gasteiger partial charge in [-0.25, -0.2) is 0 Å². The molecule has 0 atom stereocenters. The van der Waals surface area contributed by atoms with Crippen LogP contribution < -0.4 is 20.3 Å². The van der Waals surface area contributed by atoms with Crippen LogP contribution in [0.15, 0.2) is 51.4 Å². The molecule has 8 heteroatoms. The maximum absolute atomic E-state index is 12.1. The summed E-state index contributed by atoms with van der Waals surface area (Å²) in [5.41, 5.74) is 5.08. The van der Waals surface area contributed by atoms with Crippen molar-refractivity contribution in [3.63, 3.8) is 0 Å². The van der Waals surface area contributed by atoms with Crippen molar-refractivity contribution in [2.24, 2.45) is 0 Å². The number of amides is 2. The molecule has 6 nitrogen and oxygen atoms in total. The molecule has 0 heterocycles. The Labute approximate surface area is 174 Å². The van der Waals surface area contributed by atoms with Crippen molar-refractivity contribution in [2.75, 3.05) is 13.2 Å². The minimum Gasteiger partial charge on any atom is -0.494 e. The smallest absolute Gasteiger partial charge is 0.276 e. The van der Waals surface area contributed by atoms with Crippen LogP contribution in [-0.4, -0.2) is 25.0 Å². The Balaban J connectivity index is 1.76. The predicted octanol–water partition coefficient (Wildman–Crippen LogP) is 4.23. The Morgan fingerprint density at radius 3 is 2.41 bits per heavy atom. The largest absolute Gasteiger partial charge is 0.494 e. The third-order valence-corrected chi connectivity index (χ3v) is 4.56. The number of unbranched alkanes of at least 4 members (excludes halogenated alkanes) is 1. The van der Waals surface area contributed by atoms with Crippen molar-refractivity contribution in [3.8, 4) is 11.5 Å². The molecule has 0 saturated heterocycles. The van der Waals surface area contributed by atoms with Gasteiger partial charge in [0.05, 0.1) is 11.1 Å². The molecular formula is C19H20Br2N2O4. The van der Waals surface area contributed by atoms with E-state index >= 15 is 0 Å². The van der Waals surface area contributed by atoms with Gasteiger partial charge in [0.1, 0.15) is 11.5 Å². The maximum Gasteiger partial charge on any atom is 0.276 e. The van der Waals surface area contributed by atoms with Crippen molar-refractivity contribution in [2.45, 2.75) is 19.8 Å². The molecule has 0 saturated carbocycles. The topological polar surface area (TPSA) is 76.7 Å². The lowest BCUT2D eigenvalue weighted by molar-refractivity contribution is -0.123. The summed E-state index contributed by atoms with van der Waals surface area (Å²) < 4.78 is 12.6. The Hall–Kier alpha value is -2.06. The third kappa shape index (κ3) is 7.22. The predicted molar refractivity (Wildman–Crippen MR) is 110 cm³/mol. The first-order valence-corrected chi connectivity index (χ1v) is 9.98. The number of carbonyl (C=O) groups is 2. The van der Waals surface area contributed by atoms with Gasteiger partial charge < -0.3 is 9.47 Å². The molecule has 0 bridgehead atoms. The van der Waals surface area contributed by atoms with E-state index in [0.717, 1.165) is 21.8 Å². The Bertz CT molecular complexity index is 782. The van der Waals surface area contributed by atoms with Gasteiger partial charge in [0.15, 0.2) is 6.61 Å². The van der Waals surface area contributed by atoms with Crippen molar-refractivity contribution < 1.29 is 19.1 Å². The van der Waals surface area contributed by atoms with Gasteiger partial charge in [0, 0.05) is 10.0 Å². The summed E-state index contributed by atoms with van der Waals surface area (Å²) in [4.78, 5) is 23.9. The summed E-state index contributed by atoms with van der Waals surface area (Å²) in [6.45, 7) is 2.51. The molecule has 0 spiro atoms. The quantitative estimate of drug-likeness (QED) is 0.421. The molecule has 2 aromatic carbocycles. The summed E-state index contributed by atoms with van der Waals surface area (Å²) >= 11 is 6.69. The number of hydrazine groups is 1. The Morgan fingerprint density at radius 2 is 1.74 bits per heavy atom. The number of rotatable bonds is 8. The van der Waals surface area contributed by atoms with Gasteiger partial charge in [0.2, 0.25) is 0 Å². The highest BCUT2D eigenvalue weighted by Crippen LogP contribution is 2.28. The van der Waals surface area contributed by atoms with Crippen molar-refractivity contribution in [1.29, 1.82) is 0 Å². The number of ether oxygens (including phenoxy) is 2. The fraction of sp³-hybridized carbons (Fsp3) is 0.263. The van der Waals surface area contributed by atoms with E-state index in [4.69, 9.17) is 9.47 Å². The van der Waals surface area contributed by atoms with E-state index in [0.29, 0.717) is 23.7 Å². The summed E-state index contributed by atoms with van der Waals surface area (Å²) in [5, 5.41) is 0. The summed E-state index contributed by atoms with van der Waals surface area (Å²) in [7, 11) is 0. The molecule has 0 fully saturated rings. The SMILES string of the molecule is CCCCOc1ccc(C(=O)NNC(=O)COc2ccc(Br)cc2Br)cc1. The van der Waals surface area contributed by atoms with Crippen LogP contribution in [0.1, 0.15) is 30.1 Å². The number of halogens is 2. The highest BCUT2D eigenvalue weighted by Gasteiger charge is 2.09. The standard InChI is InChI=1S/C19H20Br2N2O4/c1-2-3-10-26-15-7-4-13(5-8-15)19(25)23-22-18(24)12-27-17-9-6-14(20)11-16(17)21/h4-9,11H,2-3,10,12H2,1H3,(H,22,24)(H,23,25). The van der Waals surface area contributed by atoms with Gasteiger partial charge in [-0.15, -0.1) is 0 Å². The second kappa shape index (κ2) is 10.9. The lowest BCUT2D eigenvalue weighted by atomic mass is 10.2. The van der Waals surface area contributed by atoms with Crippen molar-refractivity contribution in [1.82, 2.24) is 10.9 Å². The summed E-state index contributed by atoms with van der Waals surface area (Å²) in [6, 6.07) is 12.1. The average molecular weight is 500 g/mol. The molecule has 2 N–H and O–H groups in total. The normalized spacial score (nSPS) is 10.2. The van der Waals surface area contributed by atoms with Crippen molar-refractivity contribution >= 4 is 43.7 Å². The van der Waals surface area contributed by atoms with Crippen LogP contribution in [0.2, 0.25) is 0 Å². The van der Waals surface area contributed by atoms with E-state index in [9.17, 15) is 9.59 Å². The third-order valence-electron chi connectivity index (χ3n) is 3.45. The monoisotopic (exact) mass is 498 g/mol. The van der Waals surface area contributed by atoms with E-state index in [2.05, 4.69) is 49.6 Å². The van der Waals surface area contributed by atoms with Crippen LogP contribution in [0.3, 0.4) is 0 Å². The summed E-state index contributed by atoms with van der Waals surface area (Å²) in [6.07, 6.45) is 2.04. The highest BCUT2D eigenvalue weighted by molar-refractivity contribution is 9.11. The van der Waals surface area contributed by atoms with Crippen LogP contribution in [0.5, 0.6) is 11.5 Å². The van der Waals surface area contributed by atoms with Crippen LogP contribution in [0.4, 0.5) is 0 Å². The number of hydrogen-bond donors (Lipinski definition) is 2. The lowest BCUT2D eigenvalue weighted by Gasteiger charge is -2.10. The molecule has 0 aliphatic heterocycles. The van der Waals surface area contributed by atoms with E-state index in [1.807, 2.05) is 6.07 Å². The van der Waals surface area contributed by atoms with Gasteiger partial charge in [-0.05, 0) is 64.8 Å². The van der Waals surface area contributed by atoms with Crippen LogP contribution >= 0.6 is 31.9 Å². The zero-order chi connectivity index (χ0) is 19.6. The molecule has 144 valence electrons. The zero-order valence-corrected chi connectivity index (χ0v) is 17.9. The Morgan fingerprint density at radius 1 is 1.00 bits per heavy atom. The summed E-state index contributed by atoms with van der Waals surface area (Å²) in [5.74, 6) is 0.335. The number of hydrogen-bond acceptors (Lipinski definition) is 4. The minimum atomic E-state index is -0.474. The maximum atomic E-state index is 12.1. The first-order valence-electron chi connectivity index (χ1n) is 8.39. The van der Waals surface area contributed by atoms with E-state index < -0.39 is 11.8 Å². The van der Waals surface area contributed by atoms with Crippen LogP contribution in [-0.2, 0) is 4.79 Å². The molecule has 0 aliphatic carbocycles. The van der Waals surface area contributed by atoms with Crippen LogP contribution in [0, 0.1) is 0 Å². The lowest BCUT2D eigenvalue weighted by Crippen LogP contribution is -2.43. The number of nitrogens with one attached hydrogen (secondary N) is 2. The van der Waals surface area contributed by atoms with Gasteiger partial charge in [0.25, 0.3) is 11.8 Å². The molecule has 2 aromatic rings. The fourth-order valence-electron chi connectivity index (χ4n) is 2.01. The molecule has 0 unspecified atom stereocenters. The Kier molecular flexibility index (Phi) is 8.60. The van der Waals surface area contributed by atoms with Gasteiger partial charge in [-0.2, -0.15) is 0 Å². The highest BCUT2D eigenvalue weighted by atomic mass is 79.9. The van der Waals surface area contributed by atoms with E-state index in [-0.39, 0.29) is 6.61 Å².